The lowest BCUT2D eigenvalue weighted by atomic mass is 9.77. The van der Waals surface area contributed by atoms with Gasteiger partial charge < -0.3 is 15.7 Å². The van der Waals surface area contributed by atoms with E-state index in [-0.39, 0.29) is 15.6 Å². The van der Waals surface area contributed by atoms with Gasteiger partial charge in [-0.25, -0.2) is 9.18 Å². The molecule has 2 amide bonds. The third kappa shape index (κ3) is 3.77. The lowest BCUT2D eigenvalue weighted by Crippen LogP contribution is -2.72. The first kappa shape index (κ1) is 21.4. The number of hydrogen-bond acceptors (Lipinski definition) is 3. The number of hydrogen-bond donors (Lipinski definition) is 3. The molecule has 0 radical (unpaired) electrons. The molecule has 1 aliphatic heterocycles. The molecule has 2 aromatic rings. The van der Waals surface area contributed by atoms with Crippen molar-refractivity contribution in [3.05, 3.63) is 69.5 Å². The number of carbonyl (C=O) groups is 2. The van der Waals surface area contributed by atoms with Gasteiger partial charge in [-0.1, -0.05) is 29.3 Å². The first-order chi connectivity index (χ1) is 13.5. The van der Waals surface area contributed by atoms with E-state index < -0.39 is 47.1 Å². The second-order valence-corrected chi connectivity index (χ2v) is 7.17. The van der Waals surface area contributed by atoms with Crippen molar-refractivity contribution in [2.75, 3.05) is 0 Å². The minimum absolute atomic E-state index is 0.219. The molecule has 29 heavy (non-hydrogen) atoms. The van der Waals surface area contributed by atoms with Crippen molar-refractivity contribution in [3.8, 4) is 0 Å². The predicted octanol–water partition coefficient (Wildman–Crippen LogP) is 4.24. The van der Waals surface area contributed by atoms with Crippen molar-refractivity contribution < 1.29 is 32.3 Å². The molecule has 1 saturated heterocycles. The van der Waals surface area contributed by atoms with Gasteiger partial charge in [0.05, 0.1) is 6.04 Å². The Morgan fingerprint density at radius 3 is 2.28 bits per heavy atom. The molecule has 0 aliphatic carbocycles. The minimum Gasteiger partial charge on any atom is -0.363 e. The van der Waals surface area contributed by atoms with Crippen LogP contribution in [0.25, 0.3) is 0 Å². The van der Waals surface area contributed by atoms with Gasteiger partial charge in [0.2, 0.25) is 5.72 Å². The van der Waals surface area contributed by atoms with Gasteiger partial charge in [-0.05, 0) is 36.4 Å². The maximum atomic E-state index is 14.5. The highest BCUT2D eigenvalue weighted by molar-refractivity contribution is 6.31. The number of Topliss-reactive ketones (excluding diaryl/α,β-unsaturated/α-hetero) is 1. The highest BCUT2D eigenvalue weighted by Crippen LogP contribution is 2.45. The van der Waals surface area contributed by atoms with E-state index in [1.165, 1.54) is 29.6 Å². The number of nitrogens with one attached hydrogen (secondary N) is 2. The average Bonchev–Trinajstić information content (AvgIpc) is 2.60. The number of amides is 2. The second kappa shape index (κ2) is 7.47. The smallest absolute Gasteiger partial charge is 0.363 e. The molecule has 0 saturated carbocycles. The fourth-order valence-corrected chi connectivity index (χ4v) is 3.59. The van der Waals surface area contributed by atoms with E-state index in [4.69, 9.17) is 23.2 Å². The topological polar surface area (TPSA) is 78.4 Å². The highest BCUT2D eigenvalue weighted by atomic mass is 35.5. The van der Waals surface area contributed by atoms with E-state index in [1.807, 2.05) is 0 Å². The number of halogens is 6. The van der Waals surface area contributed by atoms with Gasteiger partial charge in [0.15, 0.2) is 5.78 Å². The zero-order chi connectivity index (χ0) is 21.6. The Bertz CT molecular complexity index is 948. The molecule has 0 aromatic heterocycles. The third-order valence-electron chi connectivity index (χ3n) is 4.53. The summed E-state index contributed by atoms with van der Waals surface area (Å²) in [5, 5.41) is 13.7. The SMILES string of the molecule is O=C1N[C@H](c2c(F)cccc2Cl)[C@H](C(=O)c2ccc(Cl)cc2)[C@@](O)(C(F)(F)F)N1. The van der Waals surface area contributed by atoms with Crippen LogP contribution in [0.3, 0.4) is 0 Å². The van der Waals surface area contributed by atoms with Crippen molar-refractivity contribution >= 4 is 35.0 Å². The molecular weight excluding hydrogens is 439 g/mol. The molecule has 1 fully saturated rings. The average molecular weight is 451 g/mol. The molecule has 0 bridgehead atoms. The Labute approximate surface area is 171 Å². The number of rotatable bonds is 3. The fourth-order valence-electron chi connectivity index (χ4n) is 3.18. The highest BCUT2D eigenvalue weighted by Gasteiger charge is 2.66. The summed E-state index contributed by atoms with van der Waals surface area (Å²) >= 11 is 11.7. The van der Waals surface area contributed by atoms with Gasteiger partial charge >= 0.3 is 12.2 Å². The lowest BCUT2D eigenvalue weighted by molar-refractivity contribution is -0.287. The number of urea groups is 1. The maximum Gasteiger partial charge on any atom is 0.437 e. The van der Waals surface area contributed by atoms with Crippen LogP contribution in [0.1, 0.15) is 22.0 Å². The monoisotopic (exact) mass is 450 g/mol. The van der Waals surface area contributed by atoms with Crippen LogP contribution in [0, 0.1) is 11.7 Å². The van der Waals surface area contributed by atoms with Crippen LogP contribution < -0.4 is 10.6 Å². The van der Waals surface area contributed by atoms with E-state index >= 15 is 0 Å². The summed E-state index contributed by atoms with van der Waals surface area (Å²) in [4.78, 5) is 24.9. The van der Waals surface area contributed by atoms with Crippen LogP contribution in [-0.4, -0.2) is 28.8 Å². The van der Waals surface area contributed by atoms with Gasteiger partial charge in [0.1, 0.15) is 11.7 Å². The second-order valence-electron chi connectivity index (χ2n) is 6.32. The van der Waals surface area contributed by atoms with Crippen molar-refractivity contribution in [3.63, 3.8) is 0 Å². The minimum atomic E-state index is -5.46. The van der Waals surface area contributed by atoms with Crippen LogP contribution in [0.4, 0.5) is 22.4 Å². The summed E-state index contributed by atoms with van der Waals surface area (Å²) in [6.45, 7) is 0. The number of carbonyl (C=O) groups excluding carboxylic acids is 2. The Hall–Kier alpha value is -2.36. The van der Waals surface area contributed by atoms with Crippen molar-refractivity contribution in [1.29, 1.82) is 0 Å². The van der Waals surface area contributed by atoms with Crippen molar-refractivity contribution in [2.45, 2.75) is 17.9 Å². The fraction of sp³-hybridized carbons (Fsp3) is 0.222. The molecule has 3 rings (SSSR count). The van der Waals surface area contributed by atoms with Gasteiger partial charge in [-0.3, -0.25) is 4.79 Å². The standard InChI is InChI=1S/C18H12Cl2F4N2O3/c19-9-6-4-8(5-7-9)15(27)13-14(12-10(20)2-1-3-11(12)21)25-16(28)26-17(13,29)18(22,23)24/h1-7,13-14,29H,(H2,25,26,28)/t13-,14-,17-/m1/s1. The molecule has 2 aromatic carbocycles. The molecule has 0 spiro atoms. The summed E-state index contributed by atoms with van der Waals surface area (Å²) < 4.78 is 55.8. The zero-order valence-electron chi connectivity index (χ0n) is 14.2. The number of benzene rings is 2. The Morgan fingerprint density at radius 2 is 1.72 bits per heavy atom. The molecule has 154 valence electrons. The summed E-state index contributed by atoms with van der Waals surface area (Å²) in [5.74, 6) is -4.66. The summed E-state index contributed by atoms with van der Waals surface area (Å²) in [6, 6.07) is 4.77. The van der Waals surface area contributed by atoms with Crippen LogP contribution in [0.15, 0.2) is 42.5 Å². The maximum absolute atomic E-state index is 14.5. The van der Waals surface area contributed by atoms with Gasteiger partial charge in [0.25, 0.3) is 0 Å². The molecule has 5 nitrogen and oxygen atoms in total. The van der Waals surface area contributed by atoms with Crippen molar-refractivity contribution in [2.24, 2.45) is 5.92 Å². The molecule has 3 N–H and O–H groups in total. The Morgan fingerprint density at radius 1 is 1.10 bits per heavy atom. The van der Waals surface area contributed by atoms with Crippen LogP contribution in [0.2, 0.25) is 10.0 Å². The number of ketones is 1. The molecular formula is C18H12Cl2F4N2O3. The van der Waals surface area contributed by atoms with E-state index in [0.717, 1.165) is 18.2 Å². The van der Waals surface area contributed by atoms with E-state index in [0.29, 0.717) is 0 Å². The van der Waals surface area contributed by atoms with E-state index in [9.17, 15) is 32.3 Å². The van der Waals surface area contributed by atoms with Crippen LogP contribution in [-0.2, 0) is 0 Å². The molecule has 3 atom stereocenters. The van der Waals surface area contributed by atoms with Crippen molar-refractivity contribution in [1.82, 2.24) is 10.6 Å². The van der Waals surface area contributed by atoms with Crippen LogP contribution in [0.5, 0.6) is 0 Å². The largest absolute Gasteiger partial charge is 0.437 e. The first-order valence-electron chi connectivity index (χ1n) is 8.07. The number of alkyl halides is 3. The van der Waals surface area contributed by atoms with Gasteiger partial charge in [0, 0.05) is 21.2 Å². The van der Waals surface area contributed by atoms with Gasteiger partial charge in [-0.2, -0.15) is 13.2 Å². The Kier molecular flexibility index (Phi) is 5.50. The zero-order valence-corrected chi connectivity index (χ0v) is 15.7. The first-order valence-corrected chi connectivity index (χ1v) is 8.83. The number of aliphatic hydroxyl groups is 1. The molecule has 11 heteroatoms. The van der Waals surface area contributed by atoms with Crippen LogP contribution >= 0.6 is 23.2 Å². The lowest BCUT2D eigenvalue weighted by Gasteiger charge is -2.45. The van der Waals surface area contributed by atoms with E-state index in [2.05, 4.69) is 5.32 Å². The molecule has 1 heterocycles. The summed E-state index contributed by atoms with van der Waals surface area (Å²) in [6.07, 6.45) is -5.46. The summed E-state index contributed by atoms with van der Waals surface area (Å²) in [7, 11) is 0. The molecule has 1 aliphatic rings. The quantitative estimate of drug-likeness (QED) is 0.483. The normalized spacial score (nSPS) is 24.6. The predicted molar refractivity (Wildman–Crippen MR) is 96.1 cm³/mol. The molecule has 0 unspecified atom stereocenters. The summed E-state index contributed by atoms with van der Waals surface area (Å²) in [5.41, 5.74) is -4.78. The Balaban J connectivity index is 2.23. The van der Waals surface area contributed by atoms with E-state index in [1.54, 1.807) is 0 Å². The van der Waals surface area contributed by atoms with Gasteiger partial charge in [-0.15, -0.1) is 0 Å². The third-order valence-corrected chi connectivity index (χ3v) is 5.11.